The van der Waals surface area contributed by atoms with Crippen molar-refractivity contribution in [2.24, 2.45) is 0 Å². The molecule has 0 aliphatic heterocycles. The summed E-state index contributed by atoms with van der Waals surface area (Å²) in [7, 11) is 0. The van der Waals surface area contributed by atoms with E-state index in [2.05, 4.69) is 27.3 Å². The molecule has 1 aliphatic rings. The summed E-state index contributed by atoms with van der Waals surface area (Å²) in [4.78, 5) is 1.31. The molecule has 1 saturated carbocycles. The molecule has 0 radical (unpaired) electrons. The highest BCUT2D eigenvalue weighted by molar-refractivity contribution is 9.10. The van der Waals surface area contributed by atoms with E-state index in [9.17, 15) is 0 Å². The van der Waals surface area contributed by atoms with Crippen LogP contribution in [-0.4, -0.2) is 6.04 Å². The number of hydrogen-bond acceptors (Lipinski definition) is 2. The Hall–Kier alpha value is 0.430. The lowest BCUT2D eigenvalue weighted by molar-refractivity contribution is 0.527. The third kappa shape index (κ3) is 2.72. The van der Waals surface area contributed by atoms with Gasteiger partial charge in [-0.15, -0.1) is 11.3 Å². The molecule has 1 aromatic heterocycles. The Labute approximate surface area is 102 Å². The van der Waals surface area contributed by atoms with Crippen molar-refractivity contribution in [2.45, 2.75) is 38.3 Å². The summed E-state index contributed by atoms with van der Waals surface area (Å²) < 4.78 is 1.88. The highest BCUT2D eigenvalue weighted by Gasteiger charge is 2.14. The number of hydrogen-bond donors (Lipinski definition) is 1. The van der Waals surface area contributed by atoms with Crippen molar-refractivity contribution in [1.82, 2.24) is 5.32 Å². The number of thiophene rings is 1. The predicted octanol–water partition coefficient (Wildman–Crippen LogP) is 4.20. The van der Waals surface area contributed by atoms with Crippen LogP contribution in [0.25, 0.3) is 0 Å². The van der Waals surface area contributed by atoms with Gasteiger partial charge in [0.05, 0.1) is 0 Å². The van der Waals surface area contributed by atoms with Crippen LogP contribution in [0.1, 0.15) is 30.6 Å². The minimum Gasteiger partial charge on any atom is -0.309 e. The van der Waals surface area contributed by atoms with Crippen LogP contribution in [0, 0.1) is 0 Å². The Kier molecular flexibility index (Phi) is 3.88. The van der Waals surface area contributed by atoms with E-state index in [0.29, 0.717) is 0 Å². The van der Waals surface area contributed by atoms with E-state index in [4.69, 9.17) is 11.6 Å². The van der Waals surface area contributed by atoms with Crippen LogP contribution in [0.15, 0.2) is 10.5 Å². The van der Waals surface area contributed by atoms with E-state index in [1.54, 1.807) is 11.3 Å². The third-order valence-electron chi connectivity index (χ3n) is 2.62. The van der Waals surface area contributed by atoms with Gasteiger partial charge in [0, 0.05) is 21.9 Å². The average Bonchev–Trinajstić information content (AvgIpc) is 2.74. The largest absolute Gasteiger partial charge is 0.309 e. The molecule has 0 bridgehead atoms. The van der Waals surface area contributed by atoms with Crippen molar-refractivity contribution in [1.29, 1.82) is 0 Å². The van der Waals surface area contributed by atoms with Gasteiger partial charge in [0.1, 0.15) is 4.34 Å². The molecule has 1 aromatic rings. The third-order valence-corrected chi connectivity index (χ3v) is 5.09. The molecule has 0 unspecified atom stereocenters. The zero-order valence-electron chi connectivity index (χ0n) is 7.85. The van der Waals surface area contributed by atoms with Crippen LogP contribution in [0.3, 0.4) is 0 Å². The van der Waals surface area contributed by atoms with Crippen molar-refractivity contribution in [3.63, 3.8) is 0 Å². The van der Waals surface area contributed by atoms with Crippen molar-refractivity contribution in [3.8, 4) is 0 Å². The fourth-order valence-corrected chi connectivity index (χ4v) is 3.59. The highest BCUT2D eigenvalue weighted by Crippen LogP contribution is 2.32. The van der Waals surface area contributed by atoms with E-state index in [1.807, 2.05) is 0 Å². The number of halogens is 2. The number of nitrogens with one attached hydrogen (secondary N) is 1. The summed E-state index contributed by atoms with van der Waals surface area (Å²) in [6, 6.07) is 2.84. The van der Waals surface area contributed by atoms with E-state index in [0.717, 1.165) is 21.4 Å². The molecule has 0 amide bonds. The Bertz CT molecular complexity index is 288. The van der Waals surface area contributed by atoms with Crippen molar-refractivity contribution in [2.75, 3.05) is 0 Å². The van der Waals surface area contributed by atoms with Crippen LogP contribution in [-0.2, 0) is 6.54 Å². The minimum absolute atomic E-state index is 0.731. The van der Waals surface area contributed by atoms with Crippen molar-refractivity contribution < 1.29 is 0 Å². The summed E-state index contributed by atoms with van der Waals surface area (Å²) in [5.74, 6) is 0. The van der Waals surface area contributed by atoms with Gasteiger partial charge in [-0.3, -0.25) is 0 Å². The van der Waals surface area contributed by atoms with Crippen LogP contribution in [0.4, 0.5) is 0 Å². The molecule has 1 N–H and O–H groups in total. The first kappa shape index (κ1) is 10.9. The Morgan fingerprint density at radius 2 is 2.21 bits per heavy atom. The first-order valence-electron chi connectivity index (χ1n) is 4.93. The molecule has 0 aromatic carbocycles. The minimum atomic E-state index is 0.731. The molecule has 78 valence electrons. The molecule has 14 heavy (non-hydrogen) atoms. The van der Waals surface area contributed by atoms with E-state index in [1.165, 1.54) is 30.6 Å². The zero-order chi connectivity index (χ0) is 9.97. The fourth-order valence-electron chi connectivity index (χ4n) is 1.85. The van der Waals surface area contributed by atoms with E-state index in [-0.39, 0.29) is 0 Å². The SMILES string of the molecule is Clc1sc(CNC2CCCC2)cc1Br. The van der Waals surface area contributed by atoms with Crippen LogP contribution < -0.4 is 5.32 Å². The van der Waals surface area contributed by atoms with Gasteiger partial charge in [-0.1, -0.05) is 24.4 Å². The maximum atomic E-state index is 5.97. The molecule has 0 spiro atoms. The number of rotatable bonds is 3. The molecule has 0 saturated heterocycles. The average molecular weight is 295 g/mol. The normalized spacial score (nSPS) is 17.9. The first-order chi connectivity index (χ1) is 6.75. The van der Waals surface area contributed by atoms with Crippen molar-refractivity contribution in [3.05, 3.63) is 19.8 Å². The van der Waals surface area contributed by atoms with Gasteiger partial charge in [0.25, 0.3) is 0 Å². The molecule has 2 rings (SSSR count). The Morgan fingerprint density at radius 3 is 2.79 bits per heavy atom. The fraction of sp³-hybridized carbons (Fsp3) is 0.600. The predicted molar refractivity (Wildman–Crippen MR) is 66.1 cm³/mol. The second kappa shape index (κ2) is 4.97. The van der Waals surface area contributed by atoms with Gasteiger partial charge in [-0.2, -0.15) is 0 Å². The topological polar surface area (TPSA) is 12.0 Å². The van der Waals surface area contributed by atoms with Crippen LogP contribution >= 0.6 is 38.9 Å². The van der Waals surface area contributed by atoms with E-state index < -0.39 is 0 Å². The Morgan fingerprint density at radius 1 is 1.50 bits per heavy atom. The van der Waals surface area contributed by atoms with Gasteiger partial charge in [-0.05, 0) is 34.8 Å². The molecule has 1 aliphatic carbocycles. The quantitative estimate of drug-likeness (QED) is 0.881. The van der Waals surface area contributed by atoms with Crippen molar-refractivity contribution >= 4 is 38.9 Å². The monoisotopic (exact) mass is 293 g/mol. The standard InChI is InChI=1S/C10H13BrClNS/c11-9-5-8(14-10(9)12)6-13-7-3-1-2-4-7/h5,7,13H,1-4,6H2. The molecule has 0 atom stereocenters. The lowest BCUT2D eigenvalue weighted by Gasteiger charge is -2.09. The second-order valence-corrected chi connectivity index (χ2v) is 6.29. The first-order valence-corrected chi connectivity index (χ1v) is 6.91. The molecule has 1 fully saturated rings. The van der Waals surface area contributed by atoms with Gasteiger partial charge >= 0.3 is 0 Å². The smallest absolute Gasteiger partial charge is 0.107 e. The van der Waals surface area contributed by atoms with Gasteiger partial charge < -0.3 is 5.32 Å². The second-order valence-electron chi connectivity index (χ2n) is 3.70. The summed E-state index contributed by atoms with van der Waals surface area (Å²) in [6.45, 7) is 0.959. The van der Waals surface area contributed by atoms with Crippen LogP contribution in [0.2, 0.25) is 4.34 Å². The molecule has 1 heterocycles. The summed E-state index contributed by atoms with van der Waals surface area (Å²) in [5, 5.41) is 3.57. The molecule has 4 heteroatoms. The zero-order valence-corrected chi connectivity index (χ0v) is 11.0. The Balaban J connectivity index is 1.85. The highest BCUT2D eigenvalue weighted by atomic mass is 79.9. The maximum absolute atomic E-state index is 5.97. The van der Waals surface area contributed by atoms with Crippen LogP contribution in [0.5, 0.6) is 0 Å². The summed E-state index contributed by atoms with van der Waals surface area (Å²) >= 11 is 11.0. The lowest BCUT2D eigenvalue weighted by Crippen LogP contribution is -2.24. The summed E-state index contributed by atoms with van der Waals surface area (Å²) in [6.07, 6.45) is 5.43. The maximum Gasteiger partial charge on any atom is 0.107 e. The van der Waals surface area contributed by atoms with Gasteiger partial charge in [0.15, 0.2) is 0 Å². The van der Waals surface area contributed by atoms with Gasteiger partial charge in [-0.25, -0.2) is 0 Å². The lowest BCUT2D eigenvalue weighted by atomic mass is 10.2. The molecular formula is C10H13BrClNS. The summed E-state index contributed by atoms with van der Waals surface area (Å²) in [5.41, 5.74) is 0. The van der Waals surface area contributed by atoms with E-state index >= 15 is 0 Å². The van der Waals surface area contributed by atoms with Gasteiger partial charge in [0.2, 0.25) is 0 Å². The molecular weight excluding hydrogens is 282 g/mol. The molecule has 1 nitrogen and oxygen atoms in total.